The van der Waals surface area contributed by atoms with Gasteiger partial charge in [0, 0.05) is 12.6 Å². The molecule has 1 aliphatic rings. The van der Waals surface area contributed by atoms with Crippen LogP contribution in [0.15, 0.2) is 53.4 Å². The first-order valence-electron chi connectivity index (χ1n) is 8.13. The van der Waals surface area contributed by atoms with Gasteiger partial charge in [0.1, 0.15) is 4.90 Å². The van der Waals surface area contributed by atoms with E-state index in [2.05, 4.69) is 10.0 Å². The van der Waals surface area contributed by atoms with Crippen molar-refractivity contribution in [2.75, 3.05) is 11.9 Å². The molecule has 0 radical (unpaired) electrons. The second-order valence-corrected chi connectivity index (χ2v) is 7.76. The molecule has 0 unspecified atom stereocenters. The molecule has 0 aliphatic heterocycles. The standard InChI is InChI=1S/C18H20N2O4S/c21-18(22)14-6-9-16(19-11-10-13-4-2-1-3-5-13)17(12-14)25(23,24)20-15-7-8-15/h1-6,9,12,15,19-20H,7-8,10-11H2,(H,21,22). The van der Waals surface area contributed by atoms with Crippen LogP contribution in [0.5, 0.6) is 0 Å². The van der Waals surface area contributed by atoms with Crippen LogP contribution in [0.25, 0.3) is 0 Å². The molecule has 0 bridgehead atoms. The fourth-order valence-electron chi connectivity index (χ4n) is 2.49. The third-order valence-corrected chi connectivity index (χ3v) is 5.55. The molecular formula is C18H20N2O4S. The first kappa shape index (κ1) is 17.4. The van der Waals surface area contributed by atoms with E-state index in [1.165, 1.54) is 18.2 Å². The van der Waals surface area contributed by atoms with Crippen LogP contribution >= 0.6 is 0 Å². The van der Waals surface area contributed by atoms with Gasteiger partial charge in [-0.1, -0.05) is 30.3 Å². The zero-order valence-corrected chi connectivity index (χ0v) is 14.4. The quantitative estimate of drug-likeness (QED) is 0.672. The number of sulfonamides is 1. The van der Waals surface area contributed by atoms with Gasteiger partial charge < -0.3 is 10.4 Å². The molecule has 0 atom stereocenters. The van der Waals surface area contributed by atoms with E-state index in [1.54, 1.807) is 0 Å². The summed E-state index contributed by atoms with van der Waals surface area (Å²) in [5.41, 5.74) is 1.50. The number of aromatic carboxylic acids is 1. The molecule has 25 heavy (non-hydrogen) atoms. The highest BCUT2D eigenvalue weighted by molar-refractivity contribution is 7.89. The molecule has 0 spiro atoms. The highest BCUT2D eigenvalue weighted by atomic mass is 32.2. The predicted molar refractivity (Wildman–Crippen MR) is 95.4 cm³/mol. The molecular weight excluding hydrogens is 340 g/mol. The van der Waals surface area contributed by atoms with Gasteiger partial charge in [0.2, 0.25) is 10.0 Å². The van der Waals surface area contributed by atoms with Gasteiger partial charge >= 0.3 is 5.97 Å². The van der Waals surface area contributed by atoms with Gasteiger partial charge in [-0.3, -0.25) is 0 Å². The maximum Gasteiger partial charge on any atom is 0.335 e. The third-order valence-electron chi connectivity index (χ3n) is 3.99. The number of carboxylic acids is 1. The summed E-state index contributed by atoms with van der Waals surface area (Å²) in [5.74, 6) is -1.15. The average Bonchev–Trinajstić information content (AvgIpc) is 3.39. The fraction of sp³-hybridized carbons (Fsp3) is 0.278. The molecule has 3 N–H and O–H groups in total. The second kappa shape index (κ2) is 7.25. The Bertz CT molecular complexity index is 862. The Morgan fingerprint density at radius 1 is 1.12 bits per heavy atom. The van der Waals surface area contributed by atoms with Crippen LogP contribution in [-0.2, 0) is 16.4 Å². The van der Waals surface area contributed by atoms with Crippen LogP contribution in [0, 0.1) is 0 Å². The third kappa shape index (κ3) is 4.58. The number of hydrogen-bond donors (Lipinski definition) is 3. The smallest absolute Gasteiger partial charge is 0.335 e. The Kier molecular flexibility index (Phi) is 5.06. The fourth-order valence-corrected chi connectivity index (χ4v) is 4.01. The van der Waals surface area contributed by atoms with E-state index >= 15 is 0 Å². The van der Waals surface area contributed by atoms with Crippen LogP contribution in [-0.4, -0.2) is 32.1 Å². The summed E-state index contributed by atoms with van der Waals surface area (Å²) in [5, 5.41) is 12.3. The second-order valence-electron chi connectivity index (χ2n) is 6.07. The van der Waals surface area contributed by atoms with Gasteiger partial charge in [-0.25, -0.2) is 17.9 Å². The number of anilines is 1. The summed E-state index contributed by atoms with van der Waals surface area (Å²) in [6.07, 6.45) is 2.36. The van der Waals surface area contributed by atoms with Gasteiger partial charge in [-0.05, 0) is 43.0 Å². The van der Waals surface area contributed by atoms with E-state index in [4.69, 9.17) is 5.11 Å². The average molecular weight is 360 g/mol. The minimum absolute atomic E-state index is 0.0210. The van der Waals surface area contributed by atoms with E-state index in [1.807, 2.05) is 30.3 Å². The van der Waals surface area contributed by atoms with Crippen molar-refractivity contribution in [1.82, 2.24) is 4.72 Å². The van der Waals surface area contributed by atoms with Gasteiger partial charge in [0.15, 0.2) is 0 Å². The van der Waals surface area contributed by atoms with Crippen LogP contribution < -0.4 is 10.0 Å². The van der Waals surface area contributed by atoms with Crippen molar-refractivity contribution >= 4 is 21.7 Å². The molecule has 7 heteroatoms. The van der Waals surface area contributed by atoms with Crippen molar-refractivity contribution < 1.29 is 18.3 Å². The van der Waals surface area contributed by atoms with Crippen molar-refractivity contribution in [3.8, 4) is 0 Å². The summed E-state index contributed by atoms with van der Waals surface area (Å²) >= 11 is 0. The molecule has 1 fully saturated rings. The minimum atomic E-state index is -3.75. The molecule has 1 aliphatic carbocycles. The SMILES string of the molecule is O=C(O)c1ccc(NCCc2ccccc2)c(S(=O)(=O)NC2CC2)c1. The van der Waals surface area contributed by atoms with Gasteiger partial charge in [0.25, 0.3) is 0 Å². The van der Waals surface area contributed by atoms with Crippen molar-refractivity contribution in [2.24, 2.45) is 0 Å². The lowest BCUT2D eigenvalue weighted by Crippen LogP contribution is -2.27. The molecule has 6 nitrogen and oxygen atoms in total. The Morgan fingerprint density at radius 3 is 2.48 bits per heavy atom. The maximum absolute atomic E-state index is 12.6. The monoisotopic (exact) mass is 360 g/mol. The minimum Gasteiger partial charge on any atom is -0.478 e. The largest absolute Gasteiger partial charge is 0.478 e. The Balaban J connectivity index is 1.80. The summed E-state index contributed by atoms with van der Waals surface area (Å²) < 4.78 is 27.7. The van der Waals surface area contributed by atoms with E-state index in [0.717, 1.165) is 24.8 Å². The molecule has 2 aromatic rings. The molecule has 132 valence electrons. The molecule has 0 saturated heterocycles. The van der Waals surface area contributed by atoms with Crippen LogP contribution in [0.2, 0.25) is 0 Å². The number of carbonyl (C=O) groups is 1. The van der Waals surface area contributed by atoms with Gasteiger partial charge in [-0.2, -0.15) is 0 Å². The predicted octanol–water partition coefficient (Wildman–Crippen LogP) is 2.48. The number of rotatable bonds is 8. The zero-order chi connectivity index (χ0) is 17.9. The highest BCUT2D eigenvalue weighted by Crippen LogP contribution is 2.27. The topological polar surface area (TPSA) is 95.5 Å². The van der Waals surface area contributed by atoms with Crippen molar-refractivity contribution in [1.29, 1.82) is 0 Å². The molecule has 3 rings (SSSR count). The summed E-state index contributed by atoms with van der Waals surface area (Å²) in [6.45, 7) is 0.544. The zero-order valence-electron chi connectivity index (χ0n) is 13.6. The van der Waals surface area contributed by atoms with Crippen molar-refractivity contribution in [3.05, 3.63) is 59.7 Å². The van der Waals surface area contributed by atoms with Gasteiger partial charge in [0.05, 0.1) is 11.3 Å². The molecule has 2 aromatic carbocycles. The summed E-state index contributed by atoms with van der Waals surface area (Å²) in [7, 11) is -3.75. The van der Waals surface area contributed by atoms with Crippen molar-refractivity contribution in [3.63, 3.8) is 0 Å². The van der Waals surface area contributed by atoms with E-state index < -0.39 is 16.0 Å². The molecule has 0 heterocycles. The number of hydrogen-bond acceptors (Lipinski definition) is 4. The Hall–Kier alpha value is -2.38. The molecule has 0 aromatic heterocycles. The summed E-state index contributed by atoms with van der Waals surface area (Å²) in [6, 6.07) is 13.9. The number of benzene rings is 2. The lowest BCUT2D eigenvalue weighted by molar-refractivity contribution is 0.0696. The summed E-state index contributed by atoms with van der Waals surface area (Å²) in [4.78, 5) is 11.2. The van der Waals surface area contributed by atoms with E-state index in [-0.39, 0.29) is 16.5 Å². The highest BCUT2D eigenvalue weighted by Gasteiger charge is 2.30. The molecule has 0 amide bonds. The first-order chi connectivity index (χ1) is 12.0. The van der Waals surface area contributed by atoms with E-state index in [0.29, 0.717) is 12.2 Å². The maximum atomic E-state index is 12.6. The van der Waals surface area contributed by atoms with Crippen LogP contribution in [0.1, 0.15) is 28.8 Å². The Labute approximate surface area is 146 Å². The van der Waals surface area contributed by atoms with Gasteiger partial charge in [-0.15, -0.1) is 0 Å². The lowest BCUT2D eigenvalue weighted by Gasteiger charge is -2.14. The van der Waals surface area contributed by atoms with Crippen LogP contribution in [0.3, 0.4) is 0 Å². The van der Waals surface area contributed by atoms with Crippen LogP contribution in [0.4, 0.5) is 5.69 Å². The number of carboxylic acid groups (broad SMARTS) is 1. The molecule has 1 saturated carbocycles. The van der Waals surface area contributed by atoms with E-state index in [9.17, 15) is 13.2 Å². The normalized spacial score (nSPS) is 14.2. The lowest BCUT2D eigenvalue weighted by atomic mass is 10.1. The Morgan fingerprint density at radius 2 is 1.84 bits per heavy atom. The number of nitrogens with one attached hydrogen (secondary N) is 2. The first-order valence-corrected chi connectivity index (χ1v) is 9.61. The van der Waals surface area contributed by atoms with Crippen molar-refractivity contribution in [2.45, 2.75) is 30.2 Å².